The van der Waals surface area contributed by atoms with Gasteiger partial charge in [-0.25, -0.2) is 0 Å². The molecule has 9 heteroatoms. The van der Waals surface area contributed by atoms with Gasteiger partial charge in [-0.05, 0) is 11.1 Å². The van der Waals surface area contributed by atoms with Crippen LogP contribution >= 0.6 is 23.2 Å². The number of hydrogen-bond acceptors (Lipinski definition) is 7. The molecule has 0 aliphatic rings. The Hall–Kier alpha value is -0.220. The lowest BCUT2D eigenvalue weighted by Gasteiger charge is -2.06. The molecule has 0 saturated carbocycles. The van der Waals surface area contributed by atoms with Gasteiger partial charge in [0.1, 0.15) is 0 Å². The van der Waals surface area contributed by atoms with E-state index in [9.17, 15) is 0 Å². The summed E-state index contributed by atoms with van der Waals surface area (Å²) in [6.07, 6.45) is 0. The monoisotopic (exact) mass is 406 g/mol. The molecule has 0 unspecified atom stereocenters. The first kappa shape index (κ1) is 29.5. The minimum atomic E-state index is 0.0186. The van der Waals surface area contributed by atoms with Crippen molar-refractivity contribution in [3.05, 3.63) is 24.3 Å². The number of rotatable bonds is 14. The van der Waals surface area contributed by atoms with Gasteiger partial charge < -0.3 is 34.6 Å². The summed E-state index contributed by atoms with van der Waals surface area (Å²) in [5.41, 5.74) is 1.68. The number of alkyl halides is 2. The molecular weight excluding hydrogens is 375 g/mol. The zero-order chi connectivity index (χ0) is 19.8. The minimum absolute atomic E-state index is 0.0186. The summed E-state index contributed by atoms with van der Waals surface area (Å²) in [4.78, 5) is 0. The average Bonchev–Trinajstić information content (AvgIpc) is 2.63. The number of aliphatic hydroxyl groups is 4. The van der Waals surface area contributed by atoms with E-state index in [0.29, 0.717) is 51.4 Å². The third kappa shape index (κ3) is 35.7. The molecule has 152 valence electrons. The Labute approximate surface area is 160 Å². The summed E-state index contributed by atoms with van der Waals surface area (Å²) in [5, 5.41) is 32.9. The Balaban J connectivity index is -0.000000317. The summed E-state index contributed by atoms with van der Waals surface area (Å²) < 4.78 is 14.6. The maximum Gasteiger partial charge on any atom is 0.0702 e. The van der Waals surface area contributed by atoms with Crippen LogP contribution < -0.4 is 0 Å². The minimum Gasteiger partial charge on any atom is -0.394 e. The second-order valence-electron chi connectivity index (χ2n) is 4.38. The van der Waals surface area contributed by atoms with Crippen LogP contribution in [0.4, 0.5) is 0 Å². The van der Waals surface area contributed by atoms with E-state index in [1.165, 1.54) is 0 Å². The number of ether oxygens (including phenoxy) is 3. The number of halogens is 2. The van der Waals surface area contributed by atoms with Gasteiger partial charge in [0.25, 0.3) is 0 Å². The maximum absolute atomic E-state index is 8.37. The highest BCUT2D eigenvalue weighted by molar-refractivity contribution is 6.23. The smallest absolute Gasteiger partial charge is 0.0702 e. The van der Waals surface area contributed by atoms with E-state index in [-0.39, 0.29) is 26.4 Å². The van der Waals surface area contributed by atoms with E-state index < -0.39 is 0 Å². The van der Waals surface area contributed by atoms with Crippen LogP contribution in [0.25, 0.3) is 0 Å². The fraction of sp³-hybridized carbons (Fsp3) is 0.750. The molecule has 0 heterocycles. The van der Waals surface area contributed by atoms with Crippen LogP contribution in [0.15, 0.2) is 24.3 Å². The zero-order valence-corrected chi connectivity index (χ0v) is 16.2. The van der Waals surface area contributed by atoms with Gasteiger partial charge in [0, 0.05) is 11.8 Å². The first-order valence-electron chi connectivity index (χ1n) is 7.65. The molecule has 0 spiro atoms. The van der Waals surface area contributed by atoms with Crippen LogP contribution in [-0.2, 0) is 14.2 Å². The highest BCUT2D eigenvalue weighted by atomic mass is 35.5. The van der Waals surface area contributed by atoms with Crippen molar-refractivity contribution < 1.29 is 34.6 Å². The summed E-state index contributed by atoms with van der Waals surface area (Å²) in [5.74, 6) is 0.951. The zero-order valence-electron chi connectivity index (χ0n) is 14.7. The van der Waals surface area contributed by atoms with Gasteiger partial charge in [-0.2, -0.15) is 0 Å². The van der Waals surface area contributed by atoms with Crippen LogP contribution in [0.1, 0.15) is 0 Å². The third-order valence-corrected chi connectivity index (χ3v) is 2.69. The van der Waals surface area contributed by atoms with E-state index in [0.717, 1.165) is 11.1 Å². The van der Waals surface area contributed by atoms with E-state index >= 15 is 0 Å². The molecule has 25 heavy (non-hydrogen) atoms. The van der Waals surface area contributed by atoms with E-state index in [1.54, 1.807) is 0 Å². The maximum atomic E-state index is 8.37. The fourth-order valence-corrected chi connectivity index (χ4v) is 1.16. The molecule has 0 aromatic carbocycles. The first-order chi connectivity index (χ1) is 12.0. The molecule has 0 aromatic heterocycles. The molecule has 0 atom stereocenters. The van der Waals surface area contributed by atoms with Crippen molar-refractivity contribution in [3.63, 3.8) is 0 Å². The SMILES string of the molecule is C=C(CCl)CCl.C=C(COCCO)COCCO.OCCOCCO. The Morgan fingerprint density at radius 3 is 1.16 bits per heavy atom. The predicted molar refractivity (Wildman–Crippen MR) is 101 cm³/mol. The van der Waals surface area contributed by atoms with Crippen LogP contribution in [-0.4, -0.2) is 98.3 Å². The van der Waals surface area contributed by atoms with Crippen molar-refractivity contribution in [2.75, 3.05) is 77.8 Å². The lowest BCUT2D eigenvalue weighted by molar-refractivity contribution is 0.0650. The molecule has 0 aliphatic carbocycles. The topological polar surface area (TPSA) is 109 Å². The molecular formula is C16H32Cl2O7. The van der Waals surface area contributed by atoms with Gasteiger partial charge in [-0.15, -0.1) is 23.2 Å². The molecule has 0 radical (unpaired) electrons. The summed E-state index contributed by atoms with van der Waals surface area (Å²) in [6, 6.07) is 0. The van der Waals surface area contributed by atoms with Crippen molar-refractivity contribution in [1.29, 1.82) is 0 Å². The largest absolute Gasteiger partial charge is 0.394 e. The molecule has 0 aliphatic heterocycles. The van der Waals surface area contributed by atoms with Crippen LogP contribution in [0.3, 0.4) is 0 Å². The Morgan fingerprint density at radius 2 is 0.920 bits per heavy atom. The Morgan fingerprint density at radius 1 is 0.600 bits per heavy atom. The number of hydrogen-bond donors (Lipinski definition) is 4. The molecule has 7 nitrogen and oxygen atoms in total. The van der Waals surface area contributed by atoms with Gasteiger partial charge in [0.15, 0.2) is 0 Å². The van der Waals surface area contributed by atoms with Gasteiger partial charge in [-0.3, -0.25) is 0 Å². The molecule has 4 N–H and O–H groups in total. The first-order valence-corrected chi connectivity index (χ1v) is 8.72. The van der Waals surface area contributed by atoms with Crippen molar-refractivity contribution >= 4 is 23.2 Å². The fourth-order valence-electron chi connectivity index (χ4n) is 0.871. The second kappa shape index (κ2) is 28.6. The van der Waals surface area contributed by atoms with Gasteiger partial charge in [0.2, 0.25) is 0 Å². The van der Waals surface area contributed by atoms with Crippen LogP contribution in [0, 0.1) is 0 Å². The summed E-state index contributed by atoms with van der Waals surface area (Å²) in [7, 11) is 0. The lowest BCUT2D eigenvalue weighted by Crippen LogP contribution is -2.08. The highest BCUT2D eigenvalue weighted by Gasteiger charge is 1.94. The van der Waals surface area contributed by atoms with E-state index in [2.05, 4.69) is 17.9 Å². The summed E-state index contributed by atoms with van der Waals surface area (Å²) in [6.45, 7) is 9.37. The van der Waals surface area contributed by atoms with Crippen molar-refractivity contribution in [1.82, 2.24) is 0 Å². The van der Waals surface area contributed by atoms with Gasteiger partial charge in [-0.1, -0.05) is 13.2 Å². The van der Waals surface area contributed by atoms with Gasteiger partial charge in [0.05, 0.1) is 66.1 Å². The van der Waals surface area contributed by atoms with Crippen molar-refractivity contribution in [3.8, 4) is 0 Å². The van der Waals surface area contributed by atoms with Crippen molar-refractivity contribution in [2.24, 2.45) is 0 Å². The standard InChI is InChI=1S/C8H16O4.C4H6Cl2.C4H10O3/c1-8(6-11-4-2-9)7-12-5-3-10;1-4(2-5)3-6;5-1-3-7-4-2-6/h9-10H,1-7H2;1-3H2;5-6H,1-4H2. The molecule has 0 fully saturated rings. The van der Waals surface area contributed by atoms with E-state index in [1.807, 2.05) is 0 Å². The molecule has 0 rings (SSSR count). The van der Waals surface area contributed by atoms with Crippen molar-refractivity contribution in [2.45, 2.75) is 0 Å². The summed E-state index contributed by atoms with van der Waals surface area (Å²) >= 11 is 10.5. The molecule has 0 amide bonds. The molecule has 0 bridgehead atoms. The number of aliphatic hydroxyl groups excluding tert-OH is 4. The lowest BCUT2D eigenvalue weighted by atomic mass is 10.3. The van der Waals surface area contributed by atoms with Crippen LogP contribution in [0.5, 0.6) is 0 Å². The second-order valence-corrected chi connectivity index (χ2v) is 4.91. The van der Waals surface area contributed by atoms with Gasteiger partial charge >= 0.3 is 0 Å². The van der Waals surface area contributed by atoms with Crippen LogP contribution in [0.2, 0.25) is 0 Å². The molecule has 0 saturated heterocycles. The average molecular weight is 407 g/mol. The predicted octanol–water partition coefficient (Wildman–Crippen LogP) is 0.568. The quantitative estimate of drug-likeness (QED) is 0.189. The molecule has 0 aromatic rings. The Bertz CT molecular complexity index is 257. The Kier molecular flexibility index (Phi) is 33.8. The third-order valence-electron chi connectivity index (χ3n) is 1.93. The number of allylic oxidation sites excluding steroid dienone is 1. The normalized spacial score (nSPS) is 9.52. The highest BCUT2D eigenvalue weighted by Crippen LogP contribution is 1.94. The van der Waals surface area contributed by atoms with E-state index in [4.69, 9.17) is 53.1 Å².